The van der Waals surface area contributed by atoms with Crippen LogP contribution in [-0.4, -0.2) is 24.5 Å². The Hall–Kier alpha value is -0.800. The molecule has 21 heavy (non-hydrogen) atoms. The van der Waals surface area contributed by atoms with E-state index in [1.54, 1.807) is 0 Å². The maximum Gasteiger partial charge on any atom is 0.118 e. The molecule has 2 rings (SSSR count). The fourth-order valence-electron chi connectivity index (χ4n) is 3.29. The van der Waals surface area contributed by atoms with Crippen LogP contribution < -0.4 is 5.32 Å². The van der Waals surface area contributed by atoms with Crippen molar-refractivity contribution in [3.05, 3.63) is 23.7 Å². The van der Waals surface area contributed by atoms with Gasteiger partial charge in [0.05, 0.1) is 13.1 Å². The predicted molar refractivity (Wildman–Crippen MR) is 88.2 cm³/mol. The Morgan fingerprint density at radius 1 is 1.14 bits per heavy atom. The number of furan rings is 1. The highest BCUT2D eigenvalue weighted by Crippen LogP contribution is 2.23. The number of likely N-dealkylation sites (tertiary alicyclic amines) is 1. The van der Waals surface area contributed by atoms with E-state index < -0.39 is 0 Å². The van der Waals surface area contributed by atoms with E-state index in [2.05, 4.69) is 36.2 Å². The standard InChI is InChI=1S/C18H32N2O/c1-3-6-16-7-5-12-20(13-10-16)15-18-9-8-17(21-18)14-19-11-4-2/h8-9,16,19H,3-7,10-15H2,1-2H3. The topological polar surface area (TPSA) is 28.4 Å². The van der Waals surface area contributed by atoms with Gasteiger partial charge in [0.1, 0.15) is 11.5 Å². The molecule has 1 aromatic rings. The molecule has 0 spiro atoms. The summed E-state index contributed by atoms with van der Waals surface area (Å²) >= 11 is 0. The molecular formula is C18H32N2O. The van der Waals surface area contributed by atoms with Gasteiger partial charge in [0.15, 0.2) is 0 Å². The van der Waals surface area contributed by atoms with Crippen molar-refractivity contribution < 1.29 is 4.42 Å². The molecule has 0 aliphatic carbocycles. The second kappa shape index (κ2) is 9.26. The highest BCUT2D eigenvalue weighted by Gasteiger charge is 2.17. The van der Waals surface area contributed by atoms with Crippen molar-refractivity contribution in [3.8, 4) is 0 Å². The average Bonchev–Trinajstić information content (AvgIpc) is 2.80. The normalized spacial score (nSPS) is 20.6. The Balaban J connectivity index is 1.76. The molecule has 3 nitrogen and oxygen atoms in total. The summed E-state index contributed by atoms with van der Waals surface area (Å²) in [5.41, 5.74) is 0. The van der Waals surface area contributed by atoms with Gasteiger partial charge < -0.3 is 9.73 Å². The lowest BCUT2D eigenvalue weighted by Gasteiger charge is -2.18. The maximum absolute atomic E-state index is 5.94. The van der Waals surface area contributed by atoms with Gasteiger partial charge in [-0.05, 0) is 63.4 Å². The van der Waals surface area contributed by atoms with E-state index in [-0.39, 0.29) is 0 Å². The van der Waals surface area contributed by atoms with Gasteiger partial charge in [-0.15, -0.1) is 0 Å². The second-order valence-electron chi connectivity index (χ2n) is 6.41. The molecule has 0 amide bonds. The average molecular weight is 292 g/mol. The first kappa shape index (κ1) is 16.6. The first-order valence-corrected chi connectivity index (χ1v) is 8.82. The maximum atomic E-state index is 5.94. The Kier molecular flexibility index (Phi) is 7.31. The van der Waals surface area contributed by atoms with Crippen LogP contribution in [0.15, 0.2) is 16.5 Å². The van der Waals surface area contributed by atoms with Gasteiger partial charge in [-0.3, -0.25) is 4.90 Å². The third-order valence-corrected chi connectivity index (χ3v) is 4.46. The Bertz CT molecular complexity index is 388. The van der Waals surface area contributed by atoms with Crippen molar-refractivity contribution >= 4 is 0 Å². The highest BCUT2D eigenvalue weighted by atomic mass is 16.3. The number of nitrogens with one attached hydrogen (secondary N) is 1. The fraction of sp³-hybridized carbons (Fsp3) is 0.778. The third-order valence-electron chi connectivity index (χ3n) is 4.46. The van der Waals surface area contributed by atoms with Crippen molar-refractivity contribution in [2.24, 2.45) is 5.92 Å². The molecular weight excluding hydrogens is 260 g/mol. The van der Waals surface area contributed by atoms with E-state index >= 15 is 0 Å². The smallest absolute Gasteiger partial charge is 0.118 e. The Morgan fingerprint density at radius 2 is 2.00 bits per heavy atom. The molecule has 1 aliphatic heterocycles. The minimum atomic E-state index is 0.854. The van der Waals surface area contributed by atoms with Gasteiger partial charge in [-0.1, -0.05) is 26.7 Å². The molecule has 0 radical (unpaired) electrons. The lowest BCUT2D eigenvalue weighted by atomic mass is 9.96. The summed E-state index contributed by atoms with van der Waals surface area (Å²) in [5.74, 6) is 3.14. The van der Waals surface area contributed by atoms with E-state index in [0.717, 1.165) is 37.1 Å². The molecule has 1 aromatic heterocycles. The second-order valence-corrected chi connectivity index (χ2v) is 6.41. The SMILES string of the molecule is CCCNCc1ccc(CN2CCCC(CCC)CC2)o1. The molecule has 1 atom stereocenters. The molecule has 0 aromatic carbocycles. The monoisotopic (exact) mass is 292 g/mol. The van der Waals surface area contributed by atoms with Crippen LogP contribution in [0.4, 0.5) is 0 Å². The molecule has 1 fully saturated rings. The van der Waals surface area contributed by atoms with Crippen LogP contribution in [0, 0.1) is 5.92 Å². The van der Waals surface area contributed by atoms with Gasteiger partial charge in [-0.2, -0.15) is 0 Å². The summed E-state index contributed by atoms with van der Waals surface area (Å²) in [6.07, 6.45) is 8.02. The summed E-state index contributed by atoms with van der Waals surface area (Å²) in [5, 5.41) is 3.39. The predicted octanol–water partition coefficient (Wildman–Crippen LogP) is 4.18. The zero-order valence-corrected chi connectivity index (χ0v) is 13.9. The van der Waals surface area contributed by atoms with Gasteiger partial charge in [0.25, 0.3) is 0 Å². The molecule has 0 saturated carbocycles. The van der Waals surface area contributed by atoms with E-state index in [9.17, 15) is 0 Å². The molecule has 2 heterocycles. The van der Waals surface area contributed by atoms with Gasteiger partial charge in [0.2, 0.25) is 0 Å². The fourth-order valence-corrected chi connectivity index (χ4v) is 3.29. The number of nitrogens with zero attached hydrogens (tertiary/aromatic N) is 1. The Morgan fingerprint density at radius 3 is 2.81 bits per heavy atom. The van der Waals surface area contributed by atoms with E-state index in [0.29, 0.717) is 0 Å². The molecule has 1 aliphatic rings. The summed E-state index contributed by atoms with van der Waals surface area (Å²) in [4.78, 5) is 2.57. The van der Waals surface area contributed by atoms with Crippen molar-refractivity contribution in [1.82, 2.24) is 10.2 Å². The number of hydrogen-bond donors (Lipinski definition) is 1. The minimum absolute atomic E-state index is 0.854. The van der Waals surface area contributed by atoms with E-state index in [1.165, 1.54) is 51.6 Å². The van der Waals surface area contributed by atoms with Crippen LogP contribution in [0.1, 0.15) is 63.9 Å². The molecule has 120 valence electrons. The van der Waals surface area contributed by atoms with E-state index in [4.69, 9.17) is 4.42 Å². The summed E-state index contributed by atoms with van der Waals surface area (Å²) < 4.78 is 5.94. The van der Waals surface area contributed by atoms with Crippen molar-refractivity contribution in [2.45, 2.75) is 65.5 Å². The summed E-state index contributed by atoms with van der Waals surface area (Å²) in [7, 11) is 0. The third kappa shape index (κ3) is 5.84. The van der Waals surface area contributed by atoms with Crippen LogP contribution in [0.5, 0.6) is 0 Å². The van der Waals surface area contributed by atoms with Crippen LogP contribution in [0.2, 0.25) is 0 Å². The van der Waals surface area contributed by atoms with Crippen LogP contribution in [-0.2, 0) is 13.1 Å². The van der Waals surface area contributed by atoms with Gasteiger partial charge in [-0.25, -0.2) is 0 Å². The van der Waals surface area contributed by atoms with Gasteiger partial charge in [0, 0.05) is 0 Å². The zero-order valence-electron chi connectivity index (χ0n) is 13.9. The van der Waals surface area contributed by atoms with Crippen molar-refractivity contribution in [3.63, 3.8) is 0 Å². The molecule has 1 saturated heterocycles. The molecule has 1 N–H and O–H groups in total. The quantitative estimate of drug-likeness (QED) is 0.729. The van der Waals surface area contributed by atoms with Crippen molar-refractivity contribution in [2.75, 3.05) is 19.6 Å². The summed E-state index contributed by atoms with van der Waals surface area (Å²) in [6, 6.07) is 4.27. The number of rotatable bonds is 8. The first-order valence-electron chi connectivity index (χ1n) is 8.82. The number of hydrogen-bond acceptors (Lipinski definition) is 3. The van der Waals surface area contributed by atoms with Crippen LogP contribution in [0.3, 0.4) is 0 Å². The Labute approximate surface area is 130 Å². The van der Waals surface area contributed by atoms with Gasteiger partial charge >= 0.3 is 0 Å². The molecule has 1 unspecified atom stereocenters. The lowest BCUT2D eigenvalue weighted by Crippen LogP contribution is -2.24. The van der Waals surface area contributed by atoms with Crippen molar-refractivity contribution in [1.29, 1.82) is 0 Å². The van der Waals surface area contributed by atoms with Crippen LogP contribution >= 0.6 is 0 Å². The first-order chi connectivity index (χ1) is 10.3. The summed E-state index contributed by atoms with van der Waals surface area (Å²) in [6.45, 7) is 9.84. The minimum Gasteiger partial charge on any atom is -0.463 e. The lowest BCUT2D eigenvalue weighted by molar-refractivity contribution is 0.246. The van der Waals surface area contributed by atoms with E-state index in [1.807, 2.05) is 0 Å². The zero-order chi connectivity index (χ0) is 14.9. The largest absolute Gasteiger partial charge is 0.463 e. The van der Waals surface area contributed by atoms with Crippen LogP contribution in [0.25, 0.3) is 0 Å². The molecule has 0 bridgehead atoms. The highest BCUT2D eigenvalue weighted by molar-refractivity contribution is 5.07. The molecule has 3 heteroatoms.